The Labute approximate surface area is 150 Å². The van der Waals surface area contributed by atoms with Crippen molar-refractivity contribution in [3.63, 3.8) is 0 Å². The lowest BCUT2D eigenvalue weighted by atomic mass is 9.91. The van der Waals surface area contributed by atoms with Gasteiger partial charge in [0.25, 0.3) is 5.91 Å². The van der Waals surface area contributed by atoms with E-state index in [0.717, 1.165) is 12.8 Å². The van der Waals surface area contributed by atoms with Crippen LogP contribution in [0, 0.1) is 0 Å². The van der Waals surface area contributed by atoms with Crippen LogP contribution >= 0.6 is 0 Å². The number of carbonyl (C=O) groups is 1. The van der Waals surface area contributed by atoms with Crippen LogP contribution in [0.15, 0.2) is 30.3 Å². The highest BCUT2D eigenvalue weighted by molar-refractivity contribution is 5.85. The smallest absolute Gasteiger partial charge is 0.252 e. The first-order valence-electron chi connectivity index (χ1n) is 9.44. The molecule has 138 valence electrons. The number of carbonyl (C=O) groups excluding carboxylic acids is 1. The standard InChI is InChI=1S/C20H30N2O3/c1-16(17-7-3-2-4-8-17)22-19(9-5-6-10-19)15-21-18(23)20(24)11-13-25-14-12-20/h2-4,7-8,16,22,24H,5-6,9-15H2,1H3,(H,21,23). The van der Waals surface area contributed by atoms with Crippen LogP contribution in [0.2, 0.25) is 0 Å². The molecule has 5 nitrogen and oxygen atoms in total. The molecule has 1 saturated carbocycles. The Bertz CT molecular complexity index is 564. The van der Waals surface area contributed by atoms with E-state index in [9.17, 15) is 9.90 Å². The topological polar surface area (TPSA) is 70.6 Å². The molecule has 1 heterocycles. The van der Waals surface area contributed by atoms with E-state index in [4.69, 9.17) is 4.74 Å². The summed E-state index contributed by atoms with van der Waals surface area (Å²) in [5, 5.41) is 17.3. The Balaban J connectivity index is 1.61. The van der Waals surface area contributed by atoms with Gasteiger partial charge in [0, 0.05) is 44.2 Å². The molecule has 1 unspecified atom stereocenters. The second-order valence-electron chi connectivity index (χ2n) is 7.59. The van der Waals surface area contributed by atoms with Gasteiger partial charge >= 0.3 is 0 Å². The van der Waals surface area contributed by atoms with Gasteiger partial charge in [-0.05, 0) is 25.3 Å². The molecule has 1 saturated heterocycles. The first-order valence-corrected chi connectivity index (χ1v) is 9.44. The van der Waals surface area contributed by atoms with E-state index < -0.39 is 5.60 Å². The summed E-state index contributed by atoms with van der Waals surface area (Å²) in [6.45, 7) is 3.62. The average Bonchev–Trinajstić information content (AvgIpc) is 3.09. The molecular weight excluding hydrogens is 316 g/mol. The van der Waals surface area contributed by atoms with Crippen LogP contribution in [0.5, 0.6) is 0 Å². The van der Waals surface area contributed by atoms with Crippen molar-refractivity contribution in [2.45, 2.75) is 62.6 Å². The van der Waals surface area contributed by atoms with Crippen LogP contribution in [0.3, 0.4) is 0 Å². The Morgan fingerprint density at radius 2 is 1.80 bits per heavy atom. The fourth-order valence-electron chi connectivity index (χ4n) is 4.06. The summed E-state index contributed by atoms with van der Waals surface area (Å²) in [5.41, 5.74) is -0.113. The molecular formula is C20H30N2O3. The maximum atomic E-state index is 12.5. The van der Waals surface area contributed by atoms with Crippen molar-refractivity contribution in [1.82, 2.24) is 10.6 Å². The number of benzene rings is 1. The first kappa shape index (κ1) is 18.4. The third kappa shape index (κ3) is 4.40. The van der Waals surface area contributed by atoms with Crippen LogP contribution in [0.4, 0.5) is 0 Å². The van der Waals surface area contributed by atoms with Crippen molar-refractivity contribution in [3.8, 4) is 0 Å². The van der Waals surface area contributed by atoms with Crippen molar-refractivity contribution >= 4 is 5.91 Å². The van der Waals surface area contributed by atoms with Crippen molar-refractivity contribution in [1.29, 1.82) is 0 Å². The van der Waals surface area contributed by atoms with Gasteiger partial charge in [-0.3, -0.25) is 4.79 Å². The highest BCUT2D eigenvalue weighted by atomic mass is 16.5. The van der Waals surface area contributed by atoms with Gasteiger partial charge in [0.05, 0.1) is 0 Å². The van der Waals surface area contributed by atoms with Crippen molar-refractivity contribution in [3.05, 3.63) is 35.9 Å². The lowest BCUT2D eigenvalue weighted by Crippen LogP contribution is -2.57. The second-order valence-corrected chi connectivity index (χ2v) is 7.59. The SMILES string of the molecule is CC(NC1(CNC(=O)C2(O)CCOCC2)CCCC1)c1ccccc1. The second kappa shape index (κ2) is 7.85. The third-order valence-corrected chi connectivity index (χ3v) is 5.71. The summed E-state index contributed by atoms with van der Waals surface area (Å²) in [7, 11) is 0. The highest BCUT2D eigenvalue weighted by Crippen LogP contribution is 2.32. The van der Waals surface area contributed by atoms with Crippen LogP contribution in [0.1, 0.15) is 57.1 Å². The molecule has 0 radical (unpaired) electrons. The molecule has 2 aliphatic rings. The lowest BCUT2D eigenvalue weighted by molar-refractivity contribution is -0.149. The Kier molecular flexibility index (Phi) is 5.77. The predicted molar refractivity (Wildman–Crippen MR) is 97.2 cm³/mol. The zero-order valence-electron chi connectivity index (χ0n) is 15.1. The Hall–Kier alpha value is -1.43. The van der Waals surface area contributed by atoms with E-state index in [0.29, 0.717) is 32.6 Å². The average molecular weight is 346 g/mol. The summed E-state index contributed by atoms with van der Waals surface area (Å²) in [4.78, 5) is 12.5. The fourth-order valence-corrected chi connectivity index (χ4v) is 4.06. The Morgan fingerprint density at radius 1 is 1.16 bits per heavy atom. The van der Waals surface area contributed by atoms with Crippen LogP contribution in [-0.4, -0.2) is 41.9 Å². The normalized spacial score (nSPS) is 23.1. The van der Waals surface area contributed by atoms with Gasteiger partial charge < -0.3 is 20.5 Å². The maximum Gasteiger partial charge on any atom is 0.252 e. The third-order valence-electron chi connectivity index (χ3n) is 5.71. The molecule has 3 rings (SSSR count). The summed E-state index contributed by atoms with van der Waals surface area (Å²) in [5.74, 6) is -0.253. The zero-order valence-corrected chi connectivity index (χ0v) is 15.1. The van der Waals surface area contributed by atoms with Crippen LogP contribution in [0.25, 0.3) is 0 Å². The molecule has 0 spiro atoms. The molecule has 2 fully saturated rings. The van der Waals surface area contributed by atoms with Crippen LogP contribution in [-0.2, 0) is 9.53 Å². The quantitative estimate of drug-likeness (QED) is 0.739. The molecule has 1 aliphatic heterocycles. The minimum Gasteiger partial charge on any atom is -0.381 e. The van der Waals surface area contributed by atoms with Gasteiger partial charge in [-0.25, -0.2) is 0 Å². The van der Waals surface area contributed by atoms with Crippen molar-refractivity contribution in [2.75, 3.05) is 19.8 Å². The van der Waals surface area contributed by atoms with Crippen molar-refractivity contribution in [2.24, 2.45) is 0 Å². The van der Waals surface area contributed by atoms with Gasteiger partial charge in [-0.2, -0.15) is 0 Å². The van der Waals surface area contributed by atoms with Gasteiger partial charge in [0.2, 0.25) is 0 Å². The Morgan fingerprint density at radius 3 is 2.44 bits per heavy atom. The number of aliphatic hydroxyl groups is 1. The number of nitrogens with one attached hydrogen (secondary N) is 2. The number of amides is 1. The van der Waals surface area contributed by atoms with Crippen LogP contribution < -0.4 is 10.6 Å². The van der Waals surface area contributed by atoms with Gasteiger partial charge in [0.1, 0.15) is 5.60 Å². The molecule has 1 aromatic rings. The van der Waals surface area contributed by atoms with E-state index in [1.54, 1.807) is 0 Å². The van der Waals surface area contributed by atoms with E-state index in [1.165, 1.54) is 18.4 Å². The maximum absolute atomic E-state index is 12.5. The van der Waals surface area contributed by atoms with E-state index in [2.05, 4.69) is 41.8 Å². The summed E-state index contributed by atoms with van der Waals surface area (Å²) >= 11 is 0. The minimum absolute atomic E-state index is 0.0908. The van der Waals surface area contributed by atoms with Gasteiger partial charge in [-0.15, -0.1) is 0 Å². The molecule has 1 atom stereocenters. The molecule has 1 amide bonds. The fraction of sp³-hybridized carbons (Fsp3) is 0.650. The molecule has 1 aliphatic carbocycles. The van der Waals surface area contributed by atoms with Gasteiger partial charge in [-0.1, -0.05) is 43.2 Å². The summed E-state index contributed by atoms with van der Waals surface area (Å²) < 4.78 is 5.26. The largest absolute Gasteiger partial charge is 0.381 e. The number of rotatable bonds is 6. The minimum atomic E-state index is -1.27. The van der Waals surface area contributed by atoms with E-state index in [-0.39, 0.29) is 17.5 Å². The molecule has 0 bridgehead atoms. The number of hydrogen-bond donors (Lipinski definition) is 3. The van der Waals surface area contributed by atoms with E-state index >= 15 is 0 Å². The number of ether oxygens (including phenoxy) is 1. The first-order chi connectivity index (χ1) is 12.0. The van der Waals surface area contributed by atoms with Gasteiger partial charge in [0.15, 0.2) is 0 Å². The molecule has 25 heavy (non-hydrogen) atoms. The summed E-state index contributed by atoms with van der Waals surface area (Å²) in [6.07, 6.45) is 5.18. The highest BCUT2D eigenvalue weighted by Gasteiger charge is 2.40. The van der Waals surface area contributed by atoms with Crippen molar-refractivity contribution < 1.29 is 14.6 Å². The molecule has 3 N–H and O–H groups in total. The summed E-state index contributed by atoms with van der Waals surface area (Å²) in [6, 6.07) is 10.6. The monoisotopic (exact) mass is 346 g/mol. The molecule has 5 heteroatoms. The molecule has 1 aromatic carbocycles. The lowest BCUT2D eigenvalue weighted by Gasteiger charge is -2.36. The predicted octanol–water partition coefficient (Wildman–Crippen LogP) is 2.31. The van der Waals surface area contributed by atoms with E-state index in [1.807, 2.05) is 6.07 Å². The number of hydrogen-bond acceptors (Lipinski definition) is 4. The molecule has 0 aromatic heterocycles. The zero-order chi connectivity index (χ0) is 17.8.